The minimum Gasteiger partial charge on any atom is -0.319 e. The molecular formula is C20H17NO2. The summed E-state index contributed by atoms with van der Waals surface area (Å²) in [6.45, 7) is 0. The van der Waals surface area contributed by atoms with Crippen molar-refractivity contribution in [1.29, 1.82) is 0 Å². The molecule has 0 unspecified atom stereocenters. The second-order valence-electron chi connectivity index (χ2n) is 5.39. The zero-order valence-corrected chi connectivity index (χ0v) is 12.7. The van der Waals surface area contributed by atoms with Crippen LogP contribution in [0, 0.1) is 0 Å². The van der Waals surface area contributed by atoms with Gasteiger partial charge in [-0.1, -0.05) is 66.7 Å². The Hall–Kier alpha value is -2.94. The molecular weight excluding hydrogens is 286 g/mol. The van der Waals surface area contributed by atoms with E-state index >= 15 is 0 Å². The van der Waals surface area contributed by atoms with Crippen LogP contribution in [0.2, 0.25) is 0 Å². The van der Waals surface area contributed by atoms with Crippen molar-refractivity contribution in [3.05, 3.63) is 78.4 Å². The Morgan fingerprint density at radius 2 is 1.48 bits per heavy atom. The second kappa shape index (κ2) is 6.88. The predicted molar refractivity (Wildman–Crippen MR) is 92.3 cm³/mol. The first-order valence-corrected chi connectivity index (χ1v) is 7.60. The van der Waals surface area contributed by atoms with Crippen LogP contribution >= 0.6 is 0 Å². The van der Waals surface area contributed by atoms with E-state index in [0.717, 1.165) is 16.3 Å². The van der Waals surface area contributed by atoms with Crippen LogP contribution in [0.4, 0.5) is 5.69 Å². The summed E-state index contributed by atoms with van der Waals surface area (Å²) in [4.78, 5) is 24.2. The fourth-order valence-electron chi connectivity index (χ4n) is 2.54. The number of fused-ring (bicyclic) bond motifs is 1. The quantitative estimate of drug-likeness (QED) is 0.725. The molecule has 0 fully saturated rings. The number of anilines is 1. The number of nitrogens with one attached hydrogen (secondary N) is 1. The van der Waals surface area contributed by atoms with Crippen molar-refractivity contribution in [1.82, 2.24) is 0 Å². The molecule has 0 bridgehead atoms. The van der Waals surface area contributed by atoms with Crippen LogP contribution in [0.15, 0.2) is 72.8 Å². The molecule has 3 aromatic carbocycles. The SMILES string of the molecule is O=C(CCc1ccccc1)C(=O)Nc1cccc2ccccc12. The van der Waals surface area contributed by atoms with Crippen LogP contribution < -0.4 is 5.32 Å². The maximum Gasteiger partial charge on any atom is 0.291 e. The summed E-state index contributed by atoms with van der Waals surface area (Å²) in [6, 6.07) is 23.1. The molecule has 0 aliphatic rings. The lowest BCUT2D eigenvalue weighted by atomic mass is 10.1. The second-order valence-corrected chi connectivity index (χ2v) is 5.39. The molecule has 0 saturated heterocycles. The topological polar surface area (TPSA) is 46.2 Å². The molecule has 0 radical (unpaired) electrons. The zero-order chi connectivity index (χ0) is 16.1. The zero-order valence-electron chi connectivity index (χ0n) is 12.7. The van der Waals surface area contributed by atoms with Crippen molar-refractivity contribution in [2.45, 2.75) is 12.8 Å². The molecule has 0 heterocycles. The highest BCUT2D eigenvalue weighted by Gasteiger charge is 2.14. The Labute approximate surface area is 135 Å². The normalized spacial score (nSPS) is 10.4. The van der Waals surface area contributed by atoms with Gasteiger partial charge in [0.25, 0.3) is 5.91 Å². The third-order valence-corrected chi connectivity index (χ3v) is 3.77. The lowest BCUT2D eigenvalue weighted by Gasteiger charge is -2.08. The van der Waals surface area contributed by atoms with Gasteiger partial charge in [-0.15, -0.1) is 0 Å². The van der Waals surface area contributed by atoms with Gasteiger partial charge in [-0.3, -0.25) is 9.59 Å². The summed E-state index contributed by atoms with van der Waals surface area (Å²) < 4.78 is 0. The molecule has 114 valence electrons. The summed E-state index contributed by atoms with van der Waals surface area (Å²) in [5, 5.41) is 4.69. The first-order valence-electron chi connectivity index (χ1n) is 7.60. The number of rotatable bonds is 5. The Kier molecular flexibility index (Phi) is 4.48. The van der Waals surface area contributed by atoms with E-state index in [0.29, 0.717) is 12.1 Å². The molecule has 1 amide bonds. The predicted octanol–water partition coefficient (Wildman–Crippen LogP) is 3.98. The summed E-state index contributed by atoms with van der Waals surface area (Å²) in [5.74, 6) is -0.959. The molecule has 0 atom stereocenters. The van der Waals surface area contributed by atoms with Crippen LogP contribution in [-0.4, -0.2) is 11.7 Å². The number of carbonyl (C=O) groups is 2. The van der Waals surface area contributed by atoms with Gasteiger partial charge in [0.05, 0.1) is 0 Å². The van der Waals surface area contributed by atoms with Gasteiger partial charge in [-0.2, -0.15) is 0 Å². The van der Waals surface area contributed by atoms with E-state index in [9.17, 15) is 9.59 Å². The summed E-state index contributed by atoms with van der Waals surface area (Å²) in [5.41, 5.74) is 1.72. The van der Waals surface area contributed by atoms with Gasteiger partial charge in [0.1, 0.15) is 0 Å². The number of ketones is 1. The maximum atomic E-state index is 12.1. The van der Waals surface area contributed by atoms with Crippen molar-refractivity contribution in [3.8, 4) is 0 Å². The van der Waals surface area contributed by atoms with E-state index < -0.39 is 11.7 Å². The number of aryl methyl sites for hydroxylation is 1. The highest BCUT2D eigenvalue weighted by Crippen LogP contribution is 2.22. The van der Waals surface area contributed by atoms with Gasteiger partial charge in [-0.05, 0) is 23.4 Å². The van der Waals surface area contributed by atoms with Crippen molar-refractivity contribution in [2.24, 2.45) is 0 Å². The lowest BCUT2D eigenvalue weighted by molar-refractivity contribution is -0.134. The third kappa shape index (κ3) is 3.64. The first kappa shape index (κ1) is 15.0. The van der Waals surface area contributed by atoms with Crippen molar-refractivity contribution in [3.63, 3.8) is 0 Å². The molecule has 0 saturated carbocycles. The summed E-state index contributed by atoms with van der Waals surface area (Å²) >= 11 is 0. The largest absolute Gasteiger partial charge is 0.319 e. The van der Waals surface area contributed by atoms with Crippen LogP contribution in [0.3, 0.4) is 0 Å². The van der Waals surface area contributed by atoms with Crippen molar-refractivity contribution >= 4 is 28.2 Å². The molecule has 0 spiro atoms. The number of benzene rings is 3. The molecule has 0 aliphatic heterocycles. The van der Waals surface area contributed by atoms with Gasteiger partial charge < -0.3 is 5.32 Å². The Bertz CT molecular complexity index is 835. The van der Waals surface area contributed by atoms with E-state index in [1.165, 1.54) is 0 Å². The van der Waals surface area contributed by atoms with Crippen LogP contribution in [0.1, 0.15) is 12.0 Å². The number of amides is 1. The molecule has 23 heavy (non-hydrogen) atoms. The molecule has 0 aromatic heterocycles. The highest BCUT2D eigenvalue weighted by atomic mass is 16.2. The highest BCUT2D eigenvalue weighted by molar-refractivity contribution is 6.41. The summed E-state index contributed by atoms with van der Waals surface area (Å²) in [6.07, 6.45) is 0.781. The average molecular weight is 303 g/mol. The van der Waals surface area contributed by atoms with Crippen LogP contribution in [0.25, 0.3) is 10.8 Å². The molecule has 1 N–H and O–H groups in total. The van der Waals surface area contributed by atoms with E-state index in [1.807, 2.05) is 72.8 Å². The van der Waals surface area contributed by atoms with Crippen LogP contribution in [0.5, 0.6) is 0 Å². The summed E-state index contributed by atoms with van der Waals surface area (Å²) in [7, 11) is 0. The van der Waals surface area contributed by atoms with E-state index in [2.05, 4.69) is 5.32 Å². The number of Topliss-reactive ketones (excluding diaryl/α,β-unsaturated/α-hetero) is 1. The Balaban J connectivity index is 1.67. The third-order valence-electron chi connectivity index (χ3n) is 3.77. The minimum atomic E-state index is -0.558. The smallest absolute Gasteiger partial charge is 0.291 e. The fourth-order valence-corrected chi connectivity index (χ4v) is 2.54. The van der Waals surface area contributed by atoms with Crippen LogP contribution in [-0.2, 0) is 16.0 Å². The van der Waals surface area contributed by atoms with E-state index in [4.69, 9.17) is 0 Å². The number of hydrogen-bond donors (Lipinski definition) is 1. The number of hydrogen-bond acceptors (Lipinski definition) is 2. The Morgan fingerprint density at radius 3 is 2.30 bits per heavy atom. The van der Waals surface area contributed by atoms with Gasteiger partial charge in [0.15, 0.2) is 0 Å². The standard InChI is InChI=1S/C20H17NO2/c22-19(14-13-15-7-2-1-3-8-15)20(23)21-18-12-6-10-16-9-4-5-11-17(16)18/h1-12H,13-14H2,(H,21,23). The van der Waals surface area contributed by atoms with E-state index in [-0.39, 0.29) is 6.42 Å². The molecule has 0 aliphatic carbocycles. The lowest BCUT2D eigenvalue weighted by Crippen LogP contribution is -2.23. The minimum absolute atomic E-state index is 0.209. The average Bonchev–Trinajstić information content (AvgIpc) is 2.61. The van der Waals surface area contributed by atoms with Gasteiger partial charge >= 0.3 is 0 Å². The van der Waals surface area contributed by atoms with Crippen molar-refractivity contribution in [2.75, 3.05) is 5.32 Å². The number of carbonyl (C=O) groups excluding carboxylic acids is 2. The van der Waals surface area contributed by atoms with E-state index in [1.54, 1.807) is 0 Å². The van der Waals surface area contributed by atoms with Gasteiger partial charge in [0, 0.05) is 17.5 Å². The molecule has 3 nitrogen and oxygen atoms in total. The Morgan fingerprint density at radius 1 is 0.783 bits per heavy atom. The molecule has 3 heteroatoms. The van der Waals surface area contributed by atoms with Crippen molar-refractivity contribution < 1.29 is 9.59 Å². The molecule has 3 rings (SSSR count). The van der Waals surface area contributed by atoms with Gasteiger partial charge in [0.2, 0.25) is 5.78 Å². The maximum absolute atomic E-state index is 12.1. The first-order chi connectivity index (χ1) is 11.2. The monoisotopic (exact) mass is 303 g/mol. The molecule has 3 aromatic rings. The van der Waals surface area contributed by atoms with Gasteiger partial charge in [-0.25, -0.2) is 0 Å². The fraction of sp³-hybridized carbons (Fsp3) is 0.100.